The van der Waals surface area contributed by atoms with Crippen molar-refractivity contribution in [2.24, 2.45) is 7.05 Å². The fourth-order valence-corrected chi connectivity index (χ4v) is 1.62. The molecule has 1 heterocycles. The van der Waals surface area contributed by atoms with Gasteiger partial charge in [0, 0.05) is 13.1 Å². The molecule has 2 rings (SSSR count). The lowest BCUT2D eigenvalue weighted by atomic mass is 10.3. The molecule has 1 aromatic heterocycles. The molecule has 0 aliphatic rings. The van der Waals surface area contributed by atoms with Crippen LogP contribution in [0.3, 0.4) is 0 Å². The number of aromatic carboxylic acids is 1. The number of carboxylic acid groups (broad SMARTS) is 1. The zero-order valence-electron chi connectivity index (χ0n) is 10.9. The summed E-state index contributed by atoms with van der Waals surface area (Å²) in [5.74, 6) is -1.29. The van der Waals surface area contributed by atoms with Crippen molar-refractivity contribution in [1.82, 2.24) is 9.78 Å². The van der Waals surface area contributed by atoms with Crippen LogP contribution in [-0.4, -0.2) is 33.9 Å². The molecule has 0 amide bonds. The van der Waals surface area contributed by atoms with E-state index in [9.17, 15) is 9.59 Å². The Morgan fingerprint density at radius 1 is 1.25 bits per heavy atom. The maximum Gasteiger partial charge on any atom is 0.364 e. The summed E-state index contributed by atoms with van der Waals surface area (Å²) in [7, 11) is 2.89. The van der Waals surface area contributed by atoms with Crippen LogP contribution in [0.1, 0.15) is 21.0 Å². The standard InChI is InChI=1S/C13H12N2O5/c1-15-9(12(16)17)7-8(14-15)13(18)20-11-6-4-3-5-10(11)19-2/h3-7H,1-2H3,(H,16,17). The summed E-state index contributed by atoms with van der Waals surface area (Å²) in [4.78, 5) is 22.8. The number of methoxy groups -OCH3 is 1. The lowest BCUT2D eigenvalue weighted by molar-refractivity contribution is 0.0683. The van der Waals surface area contributed by atoms with E-state index in [4.69, 9.17) is 14.6 Å². The Bertz CT molecular complexity index is 663. The van der Waals surface area contributed by atoms with Gasteiger partial charge in [0.25, 0.3) is 0 Å². The molecule has 0 fully saturated rings. The van der Waals surface area contributed by atoms with E-state index in [0.29, 0.717) is 5.75 Å². The number of nitrogens with zero attached hydrogens (tertiary/aromatic N) is 2. The molecule has 0 atom stereocenters. The third kappa shape index (κ3) is 2.61. The van der Waals surface area contributed by atoms with Gasteiger partial charge in [0.05, 0.1) is 7.11 Å². The number of hydrogen-bond donors (Lipinski definition) is 1. The number of carbonyl (C=O) groups excluding carboxylic acids is 1. The number of esters is 1. The minimum atomic E-state index is -1.17. The van der Waals surface area contributed by atoms with Crippen molar-refractivity contribution in [3.05, 3.63) is 41.7 Å². The van der Waals surface area contributed by atoms with E-state index in [-0.39, 0.29) is 17.1 Å². The van der Waals surface area contributed by atoms with Crippen molar-refractivity contribution in [3.63, 3.8) is 0 Å². The highest BCUT2D eigenvalue weighted by atomic mass is 16.6. The molecular formula is C13H12N2O5. The smallest absolute Gasteiger partial charge is 0.364 e. The van der Waals surface area contributed by atoms with E-state index in [1.807, 2.05) is 0 Å². The summed E-state index contributed by atoms with van der Waals surface area (Å²) in [6.45, 7) is 0. The number of para-hydroxylation sites is 2. The molecule has 0 spiro atoms. The molecule has 0 unspecified atom stereocenters. The average Bonchev–Trinajstić information content (AvgIpc) is 2.81. The summed E-state index contributed by atoms with van der Waals surface area (Å²) >= 11 is 0. The molecule has 0 aliphatic heterocycles. The molecule has 1 aromatic carbocycles. The number of ether oxygens (including phenoxy) is 2. The topological polar surface area (TPSA) is 90.6 Å². The van der Waals surface area contributed by atoms with Gasteiger partial charge >= 0.3 is 11.9 Å². The molecule has 1 N–H and O–H groups in total. The lowest BCUT2D eigenvalue weighted by Crippen LogP contribution is -2.10. The van der Waals surface area contributed by atoms with Crippen LogP contribution in [0.25, 0.3) is 0 Å². The van der Waals surface area contributed by atoms with Gasteiger partial charge in [0.15, 0.2) is 17.2 Å². The number of hydrogen-bond acceptors (Lipinski definition) is 5. The van der Waals surface area contributed by atoms with Gasteiger partial charge in [-0.15, -0.1) is 0 Å². The Morgan fingerprint density at radius 2 is 1.90 bits per heavy atom. The summed E-state index contributed by atoms with van der Waals surface area (Å²) < 4.78 is 11.3. The van der Waals surface area contributed by atoms with Gasteiger partial charge in [-0.3, -0.25) is 4.68 Å². The summed E-state index contributed by atoms with van der Waals surface area (Å²) in [5.41, 5.74) is -0.187. The predicted molar refractivity (Wildman–Crippen MR) is 68.1 cm³/mol. The molecule has 0 aliphatic carbocycles. The predicted octanol–water partition coefficient (Wildman–Crippen LogP) is 1.35. The van der Waals surface area contributed by atoms with Gasteiger partial charge in [-0.1, -0.05) is 12.1 Å². The zero-order valence-corrected chi connectivity index (χ0v) is 10.9. The Kier molecular flexibility index (Phi) is 3.69. The van der Waals surface area contributed by atoms with Gasteiger partial charge in [-0.2, -0.15) is 5.10 Å². The van der Waals surface area contributed by atoms with Gasteiger partial charge < -0.3 is 14.6 Å². The normalized spacial score (nSPS) is 10.1. The number of carboxylic acids is 1. The Labute approximate surface area is 114 Å². The third-order valence-corrected chi connectivity index (χ3v) is 2.58. The molecule has 7 nitrogen and oxygen atoms in total. The molecular weight excluding hydrogens is 264 g/mol. The Morgan fingerprint density at radius 3 is 2.45 bits per heavy atom. The van der Waals surface area contributed by atoms with E-state index in [1.165, 1.54) is 14.2 Å². The fourth-order valence-electron chi connectivity index (χ4n) is 1.62. The van der Waals surface area contributed by atoms with Crippen molar-refractivity contribution in [3.8, 4) is 11.5 Å². The van der Waals surface area contributed by atoms with Crippen molar-refractivity contribution < 1.29 is 24.2 Å². The highest BCUT2D eigenvalue weighted by molar-refractivity contribution is 5.93. The Balaban J connectivity index is 2.24. The number of benzene rings is 1. The van der Waals surface area contributed by atoms with Crippen molar-refractivity contribution in [1.29, 1.82) is 0 Å². The van der Waals surface area contributed by atoms with Crippen LogP contribution >= 0.6 is 0 Å². The molecule has 104 valence electrons. The monoisotopic (exact) mass is 276 g/mol. The first-order valence-electron chi connectivity index (χ1n) is 5.65. The van der Waals surface area contributed by atoms with Gasteiger partial charge in [0.2, 0.25) is 0 Å². The van der Waals surface area contributed by atoms with Crippen LogP contribution in [0.15, 0.2) is 30.3 Å². The van der Waals surface area contributed by atoms with Crippen LogP contribution in [-0.2, 0) is 7.05 Å². The molecule has 2 aromatic rings. The maximum absolute atomic E-state index is 11.9. The van der Waals surface area contributed by atoms with Gasteiger partial charge in [-0.25, -0.2) is 9.59 Å². The summed E-state index contributed by atoms with van der Waals surface area (Å²) in [6, 6.07) is 7.78. The van der Waals surface area contributed by atoms with Crippen molar-refractivity contribution >= 4 is 11.9 Å². The van der Waals surface area contributed by atoms with E-state index < -0.39 is 11.9 Å². The second kappa shape index (κ2) is 5.43. The largest absolute Gasteiger partial charge is 0.493 e. The van der Waals surface area contributed by atoms with Crippen LogP contribution in [0.4, 0.5) is 0 Å². The van der Waals surface area contributed by atoms with E-state index >= 15 is 0 Å². The van der Waals surface area contributed by atoms with E-state index in [1.54, 1.807) is 24.3 Å². The van der Waals surface area contributed by atoms with Crippen molar-refractivity contribution in [2.45, 2.75) is 0 Å². The summed E-state index contributed by atoms with van der Waals surface area (Å²) in [5, 5.41) is 12.7. The minimum Gasteiger partial charge on any atom is -0.493 e. The van der Waals surface area contributed by atoms with Crippen molar-refractivity contribution in [2.75, 3.05) is 7.11 Å². The number of carbonyl (C=O) groups is 2. The average molecular weight is 276 g/mol. The molecule has 0 saturated heterocycles. The highest BCUT2D eigenvalue weighted by Gasteiger charge is 2.19. The van der Waals surface area contributed by atoms with Crippen LogP contribution in [0, 0.1) is 0 Å². The fraction of sp³-hybridized carbons (Fsp3) is 0.154. The quantitative estimate of drug-likeness (QED) is 0.669. The molecule has 0 saturated carbocycles. The van der Waals surface area contributed by atoms with Crippen LogP contribution in [0.2, 0.25) is 0 Å². The Hall–Kier alpha value is -2.83. The number of aromatic nitrogens is 2. The first kappa shape index (κ1) is 13.6. The maximum atomic E-state index is 11.9. The third-order valence-electron chi connectivity index (χ3n) is 2.58. The van der Waals surface area contributed by atoms with Crippen LogP contribution in [0.5, 0.6) is 11.5 Å². The highest BCUT2D eigenvalue weighted by Crippen LogP contribution is 2.26. The minimum absolute atomic E-state index is 0.0872. The zero-order chi connectivity index (χ0) is 14.7. The number of rotatable bonds is 4. The van der Waals surface area contributed by atoms with E-state index in [0.717, 1.165) is 10.7 Å². The number of aryl methyl sites for hydroxylation is 1. The van der Waals surface area contributed by atoms with Gasteiger partial charge in [-0.05, 0) is 12.1 Å². The summed E-state index contributed by atoms with van der Waals surface area (Å²) in [6.07, 6.45) is 0. The van der Waals surface area contributed by atoms with Crippen LogP contribution < -0.4 is 9.47 Å². The second-order valence-corrected chi connectivity index (χ2v) is 3.88. The molecule has 0 bridgehead atoms. The molecule has 0 radical (unpaired) electrons. The lowest BCUT2D eigenvalue weighted by Gasteiger charge is -2.07. The first-order valence-corrected chi connectivity index (χ1v) is 5.65. The second-order valence-electron chi connectivity index (χ2n) is 3.88. The molecule has 7 heteroatoms. The first-order chi connectivity index (χ1) is 9.52. The SMILES string of the molecule is COc1ccccc1OC(=O)c1cc(C(=O)O)n(C)n1. The molecule has 20 heavy (non-hydrogen) atoms. The van der Waals surface area contributed by atoms with Gasteiger partial charge in [0.1, 0.15) is 5.69 Å². The van der Waals surface area contributed by atoms with E-state index in [2.05, 4.69) is 5.10 Å².